The molecule has 17 heavy (non-hydrogen) atoms. The highest BCUT2D eigenvalue weighted by atomic mass is 79.9. The van der Waals surface area contributed by atoms with Crippen molar-refractivity contribution in [3.8, 4) is 11.5 Å². The Morgan fingerprint density at radius 1 is 1.41 bits per heavy atom. The largest absolute Gasteiger partial charge is 0.497 e. The standard InChI is InChI=1S/C12H13BrN2O2/c1-15-8-14-6-9(15)7-17-12-4-3-10(16-2)5-11(12)13/h3-6,8H,7H2,1-2H3. The van der Waals surface area contributed by atoms with E-state index in [1.807, 2.05) is 29.8 Å². The molecule has 0 fully saturated rings. The molecule has 0 N–H and O–H groups in total. The van der Waals surface area contributed by atoms with Gasteiger partial charge in [0, 0.05) is 7.05 Å². The number of aryl methyl sites for hydroxylation is 1. The van der Waals surface area contributed by atoms with Crippen molar-refractivity contribution >= 4 is 15.9 Å². The third-order valence-corrected chi connectivity index (χ3v) is 3.05. The second kappa shape index (κ2) is 5.23. The lowest BCUT2D eigenvalue weighted by Gasteiger charge is -2.09. The van der Waals surface area contributed by atoms with Gasteiger partial charge in [0.25, 0.3) is 0 Å². The molecule has 0 saturated heterocycles. The summed E-state index contributed by atoms with van der Waals surface area (Å²) >= 11 is 3.44. The predicted octanol–water partition coefficient (Wildman–Crippen LogP) is 2.77. The van der Waals surface area contributed by atoms with E-state index in [2.05, 4.69) is 20.9 Å². The first-order valence-electron chi connectivity index (χ1n) is 5.12. The van der Waals surface area contributed by atoms with Gasteiger partial charge in [-0.2, -0.15) is 0 Å². The molecule has 2 aromatic rings. The first-order valence-corrected chi connectivity index (χ1v) is 5.91. The fourth-order valence-electron chi connectivity index (χ4n) is 1.40. The SMILES string of the molecule is COc1ccc(OCc2cncn2C)c(Br)c1. The number of aromatic nitrogens is 2. The van der Waals surface area contributed by atoms with E-state index in [9.17, 15) is 0 Å². The molecule has 1 aromatic carbocycles. The summed E-state index contributed by atoms with van der Waals surface area (Å²) < 4.78 is 13.6. The average molecular weight is 297 g/mol. The van der Waals surface area contributed by atoms with Gasteiger partial charge in [-0.25, -0.2) is 4.98 Å². The van der Waals surface area contributed by atoms with Crippen molar-refractivity contribution in [2.24, 2.45) is 7.05 Å². The van der Waals surface area contributed by atoms with Crippen LogP contribution in [-0.4, -0.2) is 16.7 Å². The van der Waals surface area contributed by atoms with E-state index < -0.39 is 0 Å². The lowest BCUT2D eigenvalue weighted by molar-refractivity contribution is 0.294. The van der Waals surface area contributed by atoms with Gasteiger partial charge in [0.2, 0.25) is 0 Å². The molecule has 4 nitrogen and oxygen atoms in total. The number of nitrogens with zero attached hydrogens (tertiary/aromatic N) is 2. The molecule has 0 saturated carbocycles. The zero-order chi connectivity index (χ0) is 12.3. The summed E-state index contributed by atoms with van der Waals surface area (Å²) in [5, 5.41) is 0. The Morgan fingerprint density at radius 2 is 2.24 bits per heavy atom. The summed E-state index contributed by atoms with van der Waals surface area (Å²) in [6, 6.07) is 5.61. The minimum atomic E-state index is 0.488. The van der Waals surface area contributed by atoms with Gasteiger partial charge < -0.3 is 14.0 Å². The van der Waals surface area contributed by atoms with Gasteiger partial charge in [-0.1, -0.05) is 0 Å². The molecule has 0 spiro atoms. The molecular weight excluding hydrogens is 284 g/mol. The number of hydrogen-bond acceptors (Lipinski definition) is 3. The summed E-state index contributed by atoms with van der Waals surface area (Å²) in [7, 11) is 3.58. The molecule has 0 aliphatic rings. The highest BCUT2D eigenvalue weighted by Gasteiger charge is 2.05. The maximum Gasteiger partial charge on any atom is 0.134 e. The Morgan fingerprint density at radius 3 is 2.82 bits per heavy atom. The van der Waals surface area contributed by atoms with Crippen molar-refractivity contribution in [3.63, 3.8) is 0 Å². The van der Waals surface area contributed by atoms with Crippen molar-refractivity contribution in [2.75, 3.05) is 7.11 Å². The predicted molar refractivity (Wildman–Crippen MR) is 68.2 cm³/mol. The van der Waals surface area contributed by atoms with Crippen LogP contribution in [0.5, 0.6) is 11.5 Å². The molecule has 0 atom stereocenters. The Kier molecular flexibility index (Phi) is 3.68. The number of rotatable bonds is 4. The molecule has 0 aliphatic carbocycles. The highest BCUT2D eigenvalue weighted by molar-refractivity contribution is 9.10. The van der Waals surface area contributed by atoms with Gasteiger partial charge in [0.15, 0.2) is 0 Å². The Bertz CT molecular complexity index is 511. The van der Waals surface area contributed by atoms with Crippen LogP contribution in [-0.2, 0) is 13.7 Å². The number of ether oxygens (including phenoxy) is 2. The van der Waals surface area contributed by atoms with Gasteiger partial charge in [0.1, 0.15) is 18.1 Å². The zero-order valence-electron chi connectivity index (χ0n) is 9.68. The third kappa shape index (κ3) is 2.79. The summed E-state index contributed by atoms with van der Waals surface area (Å²) in [5.41, 5.74) is 1.02. The third-order valence-electron chi connectivity index (χ3n) is 2.43. The van der Waals surface area contributed by atoms with Gasteiger partial charge in [-0.05, 0) is 34.1 Å². The van der Waals surface area contributed by atoms with Crippen LogP contribution < -0.4 is 9.47 Å². The van der Waals surface area contributed by atoms with E-state index in [4.69, 9.17) is 9.47 Å². The lowest BCUT2D eigenvalue weighted by Crippen LogP contribution is -2.01. The van der Waals surface area contributed by atoms with E-state index in [0.29, 0.717) is 6.61 Å². The maximum atomic E-state index is 5.70. The first kappa shape index (κ1) is 12.0. The van der Waals surface area contributed by atoms with Gasteiger partial charge in [0.05, 0.1) is 29.8 Å². The summed E-state index contributed by atoms with van der Waals surface area (Å²) in [5.74, 6) is 1.58. The molecular formula is C12H13BrN2O2. The maximum absolute atomic E-state index is 5.70. The fourth-order valence-corrected chi connectivity index (χ4v) is 1.87. The molecule has 0 aliphatic heterocycles. The number of halogens is 1. The topological polar surface area (TPSA) is 36.3 Å². The van der Waals surface area contributed by atoms with Crippen LogP contribution in [0.15, 0.2) is 35.2 Å². The van der Waals surface area contributed by atoms with Crippen molar-refractivity contribution < 1.29 is 9.47 Å². The normalized spacial score (nSPS) is 10.3. The van der Waals surface area contributed by atoms with Crippen LogP contribution in [0.2, 0.25) is 0 Å². The van der Waals surface area contributed by atoms with Crippen LogP contribution >= 0.6 is 15.9 Å². The van der Waals surface area contributed by atoms with E-state index >= 15 is 0 Å². The summed E-state index contributed by atoms with van der Waals surface area (Å²) in [4.78, 5) is 4.04. The molecule has 0 bridgehead atoms. The smallest absolute Gasteiger partial charge is 0.134 e. The second-order valence-corrected chi connectivity index (χ2v) is 4.44. The number of methoxy groups -OCH3 is 1. The minimum Gasteiger partial charge on any atom is -0.497 e. The quantitative estimate of drug-likeness (QED) is 0.870. The van der Waals surface area contributed by atoms with Crippen LogP contribution in [0, 0.1) is 0 Å². The van der Waals surface area contributed by atoms with Crippen molar-refractivity contribution in [2.45, 2.75) is 6.61 Å². The summed E-state index contributed by atoms with van der Waals surface area (Å²) in [6.45, 7) is 0.488. The summed E-state index contributed by atoms with van der Waals surface area (Å²) in [6.07, 6.45) is 3.54. The van der Waals surface area contributed by atoms with Crippen LogP contribution in [0.4, 0.5) is 0 Å². The van der Waals surface area contributed by atoms with E-state index in [-0.39, 0.29) is 0 Å². The molecule has 5 heteroatoms. The van der Waals surface area contributed by atoms with Crippen molar-refractivity contribution in [1.29, 1.82) is 0 Å². The van der Waals surface area contributed by atoms with Crippen LogP contribution in [0.1, 0.15) is 5.69 Å². The Labute approximate surface area is 108 Å². The molecule has 0 radical (unpaired) electrons. The van der Waals surface area contributed by atoms with Crippen molar-refractivity contribution in [1.82, 2.24) is 9.55 Å². The first-order chi connectivity index (χ1) is 8.20. The second-order valence-electron chi connectivity index (χ2n) is 3.58. The number of benzene rings is 1. The van der Waals surface area contributed by atoms with Crippen molar-refractivity contribution in [3.05, 3.63) is 40.9 Å². The van der Waals surface area contributed by atoms with E-state index in [1.165, 1.54) is 0 Å². The number of hydrogen-bond donors (Lipinski definition) is 0. The molecule has 2 rings (SSSR count). The molecule has 90 valence electrons. The molecule has 0 amide bonds. The zero-order valence-corrected chi connectivity index (χ0v) is 11.3. The van der Waals surface area contributed by atoms with Crippen LogP contribution in [0.3, 0.4) is 0 Å². The molecule has 1 aromatic heterocycles. The van der Waals surface area contributed by atoms with Gasteiger partial charge in [-0.15, -0.1) is 0 Å². The molecule has 1 heterocycles. The average Bonchev–Trinajstić information content (AvgIpc) is 2.73. The Hall–Kier alpha value is -1.49. The highest BCUT2D eigenvalue weighted by Crippen LogP contribution is 2.29. The minimum absolute atomic E-state index is 0.488. The van der Waals surface area contributed by atoms with Gasteiger partial charge >= 0.3 is 0 Å². The molecule has 0 unspecified atom stereocenters. The van der Waals surface area contributed by atoms with E-state index in [1.54, 1.807) is 19.6 Å². The lowest BCUT2D eigenvalue weighted by atomic mass is 10.3. The van der Waals surface area contributed by atoms with Crippen LogP contribution in [0.25, 0.3) is 0 Å². The monoisotopic (exact) mass is 296 g/mol. The Balaban J connectivity index is 2.07. The fraction of sp³-hybridized carbons (Fsp3) is 0.250. The van der Waals surface area contributed by atoms with Gasteiger partial charge in [-0.3, -0.25) is 0 Å². The van der Waals surface area contributed by atoms with E-state index in [0.717, 1.165) is 21.7 Å². The number of imidazole rings is 1.